The number of aliphatic hydroxyl groups is 1. The topological polar surface area (TPSA) is 59.3 Å². The van der Waals surface area contributed by atoms with Crippen molar-refractivity contribution in [3.8, 4) is 5.75 Å². The first-order valence-corrected chi connectivity index (χ1v) is 9.54. The Morgan fingerprint density at radius 3 is 2.83 bits per heavy atom. The van der Waals surface area contributed by atoms with Crippen LogP contribution in [0.1, 0.15) is 23.0 Å². The van der Waals surface area contributed by atoms with Gasteiger partial charge in [0.25, 0.3) is 0 Å². The van der Waals surface area contributed by atoms with Crippen LogP contribution in [-0.4, -0.2) is 33.9 Å². The fourth-order valence-electron chi connectivity index (χ4n) is 3.17. The molecule has 0 aliphatic carbocycles. The van der Waals surface area contributed by atoms with E-state index in [9.17, 15) is 9.50 Å². The molecule has 2 atom stereocenters. The number of aliphatic hydroxyl groups excluding tert-OH is 1. The fourth-order valence-corrected chi connectivity index (χ4v) is 3.17. The van der Waals surface area contributed by atoms with Gasteiger partial charge in [-0.15, -0.1) is 6.58 Å². The number of halogens is 1. The summed E-state index contributed by atoms with van der Waals surface area (Å²) in [7, 11) is 1.88. The Labute approximate surface area is 170 Å². The summed E-state index contributed by atoms with van der Waals surface area (Å²) in [5.41, 5.74) is 1.76. The molecular weight excluding hydrogens is 369 g/mol. The van der Waals surface area contributed by atoms with E-state index in [2.05, 4.69) is 16.9 Å². The lowest BCUT2D eigenvalue weighted by molar-refractivity contribution is 0.104. The summed E-state index contributed by atoms with van der Waals surface area (Å²) >= 11 is 0. The summed E-state index contributed by atoms with van der Waals surface area (Å²) in [6, 6.07) is 13.7. The second kappa shape index (κ2) is 10.0. The summed E-state index contributed by atoms with van der Waals surface area (Å²) in [4.78, 5) is 4.38. The van der Waals surface area contributed by atoms with Crippen LogP contribution in [0, 0.1) is 5.82 Å². The Bertz CT molecular complexity index is 941. The number of hydrogen-bond donors (Lipinski definition) is 2. The molecule has 1 aromatic heterocycles. The van der Waals surface area contributed by atoms with Crippen LogP contribution in [-0.2, 0) is 13.5 Å². The van der Waals surface area contributed by atoms with Gasteiger partial charge in [-0.3, -0.25) is 0 Å². The number of nitrogens with zero attached hydrogens (tertiary/aromatic N) is 2. The first-order valence-electron chi connectivity index (χ1n) is 9.54. The zero-order valence-electron chi connectivity index (χ0n) is 16.5. The van der Waals surface area contributed by atoms with Crippen molar-refractivity contribution < 1.29 is 14.2 Å². The van der Waals surface area contributed by atoms with Crippen molar-refractivity contribution in [1.82, 2.24) is 14.9 Å². The van der Waals surface area contributed by atoms with Crippen LogP contribution in [0.25, 0.3) is 0 Å². The highest BCUT2D eigenvalue weighted by Crippen LogP contribution is 2.22. The summed E-state index contributed by atoms with van der Waals surface area (Å²) in [6.45, 7) is 4.16. The van der Waals surface area contributed by atoms with Crippen LogP contribution in [0.4, 0.5) is 4.39 Å². The Kier molecular flexibility index (Phi) is 7.16. The molecule has 0 amide bonds. The molecule has 0 saturated carbocycles. The highest BCUT2D eigenvalue weighted by molar-refractivity contribution is 5.34. The van der Waals surface area contributed by atoms with Crippen molar-refractivity contribution in [3.05, 3.63) is 96.3 Å². The Balaban J connectivity index is 1.65. The van der Waals surface area contributed by atoms with Gasteiger partial charge in [-0.25, -0.2) is 9.37 Å². The van der Waals surface area contributed by atoms with Crippen molar-refractivity contribution in [1.29, 1.82) is 0 Å². The fraction of sp³-hybridized carbons (Fsp3) is 0.261. The highest BCUT2D eigenvalue weighted by atomic mass is 19.1. The predicted molar refractivity (Wildman–Crippen MR) is 111 cm³/mol. The lowest BCUT2D eigenvalue weighted by Crippen LogP contribution is -2.35. The van der Waals surface area contributed by atoms with Crippen LogP contribution in [0.3, 0.4) is 0 Å². The molecule has 0 aliphatic rings. The van der Waals surface area contributed by atoms with Crippen molar-refractivity contribution in [2.45, 2.75) is 18.6 Å². The summed E-state index contributed by atoms with van der Waals surface area (Å²) in [5, 5.41) is 13.7. The Hall–Kier alpha value is -2.96. The minimum atomic E-state index is -0.747. The summed E-state index contributed by atoms with van der Waals surface area (Å²) in [6.07, 6.45) is 5.30. The Morgan fingerprint density at radius 1 is 1.28 bits per heavy atom. The zero-order chi connectivity index (χ0) is 20.6. The number of para-hydroxylation sites is 1. The third-order valence-corrected chi connectivity index (χ3v) is 4.62. The first kappa shape index (κ1) is 20.8. The van der Waals surface area contributed by atoms with Crippen LogP contribution >= 0.6 is 0 Å². The van der Waals surface area contributed by atoms with Gasteiger partial charge in [-0.2, -0.15) is 0 Å². The van der Waals surface area contributed by atoms with Gasteiger partial charge in [0.1, 0.15) is 30.1 Å². The van der Waals surface area contributed by atoms with Gasteiger partial charge < -0.3 is 19.7 Å². The van der Waals surface area contributed by atoms with Crippen molar-refractivity contribution in [3.63, 3.8) is 0 Å². The van der Waals surface area contributed by atoms with E-state index in [-0.39, 0.29) is 25.0 Å². The van der Waals surface area contributed by atoms with Crippen LogP contribution < -0.4 is 10.1 Å². The smallest absolute Gasteiger partial charge is 0.130 e. The van der Waals surface area contributed by atoms with E-state index >= 15 is 0 Å². The molecule has 3 aromatic rings. The number of hydrogen-bond acceptors (Lipinski definition) is 4. The maximum Gasteiger partial charge on any atom is 0.130 e. The largest absolute Gasteiger partial charge is 0.491 e. The molecule has 0 radical (unpaired) electrons. The quantitative estimate of drug-likeness (QED) is 0.517. The van der Waals surface area contributed by atoms with Crippen molar-refractivity contribution >= 4 is 0 Å². The second-order valence-corrected chi connectivity index (χ2v) is 6.86. The molecule has 6 heteroatoms. The van der Waals surface area contributed by atoms with Gasteiger partial charge in [-0.05, 0) is 35.7 Å². The summed E-state index contributed by atoms with van der Waals surface area (Å²) in [5.74, 6) is 1.16. The Morgan fingerprint density at radius 2 is 2.10 bits per heavy atom. The van der Waals surface area contributed by atoms with Crippen molar-refractivity contribution in [2.75, 3.05) is 13.2 Å². The average molecular weight is 395 g/mol. The predicted octanol–water partition coefficient (Wildman–Crippen LogP) is 3.41. The molecule has 152 valence electrons. The van der Waals surface area contributed by atoms with Crippen LogP contribution in [0.15, 0.2) is 73.6 Å². The van der Waals surface area contributed by atoms with E-state index in [4.69, 9.17) is 4.74 Å². The maximum absolute atomic E-state index is 13.7. The number of nitrogens with one attached hydrogen (secondary N) is 1. The molecule has 0 aliphatic heterocycles. The van der Waals surface area contributed by atoms with E-state index < -0.39 is 6.10 Å². The van der Waals surface area contributed by atoms with Gasteiger partial charge in [0.2, 0.25) is 0 Å². The molecule has 0 saturated heterocycles. The number of rotatable bonds is 10. The SMILES string of the molecule is C=CCc1ccccc1OCC(O)CNC(c1cccc(F)c1)c1nccn1C. The molecule has 2 unspecified atom stereocenters. The van der Waals surface area contributed by atoms with Gasteiger partial charge in [0.05, 0.1) is 6.04 Å². The van der Waals surface area contributed by atoms with E-state index in [1.165, 1.54) is 12.1 Å². The molecule has 29 heavy (non-hydrogen) atoms. The number of aromatic nitrogens is 2. The van der Waals surface area contributed by atoms with Crippen LogP contribution in [0.2, 0.25) is 0 Å². The van der Waals surface area contributed by atoms with E-state index in [1.807, 2.05) is 54.2 Å². The maximum atomic E-state index is 13.7. The van der Waals surface area contributed by atoms with Gasteiger partial charge in [-0.1, -0.05) is 36.4 Å². The number of benzene rings is 2. The molecule has 0 bridgehead atoms. The van der Waals surface area contributed by atoms with E-state index in [0.717, 1.165) is 22.7 Å². The van der Waals surface area contributed by atoms with Gasteiger partial charge >= 0.3 is 0 Å². The van der Waals surface area contributed by atoms with Gasteiger partial charge in [0.15, 0.2) is 0 Å². The minimum Gasteiger partial charge on any atom is -0.491 e. The molecule has 2 aromatic carbocycles. The molecule has 1 heterocycles. The molecule has 3 rings (SSSR count). The number of aryl methyl sites for hydroxylation is 1. The van der Waals surface area contributed by atoms with E-state index in [1.54, 1.807) is 12.3 Å². The molecule has 0 spiro atoms. The zero-order valence-corrected chi connectivity index (χ0v) is 16.5. The third-order valence-electron chi connectivity index (χ3n) is 4.62. The number of allylic oxidation sites excluding steroid dienone is 1. The normalized spacial score (nSPS) is 13.1. The molecule has 0 fully saturated rings. The van der Waals surface area contributed by atoms with Gasteiger partial charge in [0, 0.05) is 26.0 Å². The standard InChI is InChI=1S/C23H26FN3O2/c1-3-7-17-8-4-5-11-21(17)29-16-20(28)15-26-22(23-25-12-13-27(23)2)18-9-6-10-19(24)14-18/h3-6,8-14,20,22,26,28H,1,7,15-16H2,2H3. The minimum absolute atomic E-state index is 0.137. The monoisotopic (exact) mass is 395 g/mol. The number of ether oxygens (including phenoxy) is 1. The number of imidazole rings is 1. The average Bonchev–Trinajstić information content (AvgIpc) is 3.13. The highest BCUT2D eigenvalue weighted by Gasteiger charge is 2.20. The third kappa shape index (κ3) is 5.53. The lowest BCUT2D eigenvalue weighted by Gasteiger charge is -2.21. The van der Waals surface area contributed by atoms with E-state index in [0.29, 0.717) is 6.42 Å². The van der Waals surface area contributed by atoms with Crippen LogP contribution in [0.5, 0.6) is 5.75 Å². The molecule has 2 N–H and O–H groups in total. The second-order valence-electron chi connectivity index (χ2n) is 6.86. The molecular formula is C23H26FN3O2. The first-order chi connectivity index (χ1) is 14.1. The summed E-state index contributed by atoms with van der Waals surface area (Å²) < 4.78 is 21.4. The molecule has 5 nitrogen and oxygen atoms in total. The lowest BCUT2D eigenvalue weighted by atomic mass is 10.1. The van der Waals surface area contributed by atoms with Crippen molar-refractivity contribution in [2.24, 2.45) is 7.05 Å².